The summed E-state index contributed by atoms with van der Waals surface area (Å²) in [4.78, 5) is 22.2. The van der Waals surface area contributed by atoms with Crippen molar-refractivity contribution in [3.8, 4) is 5.75 Å². The first kappa shape index (κ1) is 20.4. The lowest BCUT2D eigenvalue weighted by Gasteiger charge is -2.35. The smallest absolute Gasteiger partial charge is 0.240 e. The summed E-state index contributed by atoms with van der Waals surface area (Å²) in [5.74, 6) is 0.261. The normalized spacial score (nSPS) is 14.6. The maximum Gasteiger partial charge on any atom is 0.240 e. The van der Waals surface area contributed by atoms with Gasteiger partial charge in [0.25, 0.3) is 0 Å². The van der Waals surface area contributed by atoms with Crippen LogP contribution in [0, 0.1) is 6.92 Å². The highest BCUT2D eigenvalue weighted by Gasteiger charge is 2.21. The van der Waals surface area contributed by atoms with Crippen molar-refractivity contribution in [1.82, 2.24) is 9.88 Å². The van der Waals surface area contributed by atoms with Gasteiger partial charge in [-0.05, 0) is 24.6 Å². The zero-order valence-electron chi connectivity index (χ0n) is 17.0. The van der Waals surface area contributed by atoms with Crippen LogP contribution in [0.15, 0.2) is 54.7 Å². The molecule has 2 aromatic carbocycles. The van der Waals surface area contributed by atoms with E-state index in [1.165, 1.54) is 22.5 Å². The van der Waals surface area contributed by atoms with Crippen LogP contribution in [0.5, 0.6) is 5.75 Å². The highest BCUT2D eigenvalue weighted by molar-refractivity contribution is 7.15. The van der Waals surface area contributed by atoms with Gasteiger partial charge in [-0.25, -0.2) is 4.98 Å². The first-order chi connectivity index (χ1) is 14.6. The summed E-state index contributed by atoms with van der Waals surface area (Å²) in [6, 6.07) is 15.8. The molecule has 0 bridgehead atoms. The van der Waals surface area contributed by atoms with E-state index in [9.17, 15) is 9.90 Å². The van der Waals surface area contributed by atoms with Crippen molar-refractivity contribution in [3.63, 3.8) is 0 Å². The molecule has 0 radical (unpaired) electrons. The molecule has 1 saturated heterocycles. The molecule has 0 unspecified atom stereocenters. The van der Waals surface area contributed by atoms with Crippen molar-refractivity contribution in [2.45, 2.75) is 13.3 Å². The molecule has 0 saturated carbocycles. The Labute approximate surface area is 180 Å². The third-order valence-electron chi connectivity index (χ3n) is 5.22. The molecular formula is C23H26N4O2S. The number of carbonyl (C=O) groups excluding carboxylic acids is 1. The summed E-state index contributed by atoms with van der Waals surface area (Å²) in [6.45, 7) is 5.55. The van der Waals surface area contributed by atoms with E-state index in [4.69, 9.17) is 0 Å². The number of thiazole rings is 1. The molecule has 7 heteroatoms. The second-order valence-corrected chi connectivity index (χ2v) is 8.71. The van der Waals surface area contributed by atoms with Gasteiger partial charge in [0.05, 0.1) is 12.2 Å². The van der Waals surface area contributed by atoms with Crippen LogP contribution in [-0.2, 0) is 11.2 Å². The average molecular weight is 423 g/mol. The molecule has 0 atom stereocenters. The topological polar surface area (TPSA) is 68.7 Å². The first-order valence-electron chi connectivity index (χ1n) is 10.1. The van der Waals surface area contributed by atoms with E-state index in [0.29, 0.717) is 17.4 Å². The zero-order valence-corrected chi connectivity index (χ0v) is 17.9. The Kier molecular flexibility index (Phi) is 6.30. The van der Waals surface area contributed by atoms with E-state index in [-0.39, 0.29) is 5.91 Å². The molecule has 4 rings (SSSR count). The summed E-state index contributed by atoms with van der Waals surface area (Å²) in [6.07, 6.45) is 2.66. The van der Waals surface area contributed by atoms with Gasteiger partial charge in [0.15, 0.2) is 5.13 Å². The van der Waals surface area contributed by atoms with Crippen molar-refractivity contribution in [3.05, 3.63) is 70.7 Å². The molecule has 3 aromatic rings. The summed E-state index contributed by atoms with van der Waals surface area (Å²) >= 11 is 1.53. The lowest BCUT2D eigenvalue weighted by atomic mass is 10.1. The summed E-state index contributed by atoms with van der Waals surface area (Å²) < 4.78 is 0. The fourth-order valence-electron chi connectivity index (χ4n) is 3.71. The number of rotatable bonds is 6. The van der Waals surface area contributed by atoms with Gasteiger partial charge in [0, 0.05) is 43.7 Å². The van der Waals surface area contributed by atoms with Crippen molar-refractivity contribution in [1.29, 1.82) is 0 Å². The number of aromatic hydroxyl groups is 1. The van der Waals surface area contributed by atoms with Gasteiger partial charge in [0.1, 0.15) is 5.75 Å². The minimum absolute atomic E-state index is 0.0394. The number of para-hydroxylation sites is 2. The van der Waals surface area contributed by atoms with Crippen LogP contribution in [-0.4, -0.2) is 53.6 Å². The Balaban J connectivity index is 1.25. The van der Waals surface area contributed by atoms with E-state index in [2.05, 4.69) is 51.3 Å². The van der Waals surface area contributed by atoms with Crippen LogP contribution in [0.4, 0.5) is 10.8 Å². The number of nitrogens with one attached hydrogen (secondary N) is 1. The van der Waals surface area contributed by atoms with E-state index in [0.717, 1.165) is 43.2 Å². The molecule has 1 aliphatic heterocycles. The SMILES string of the molecule is Cc1cccc(Cc2cnc(NC(=O)CN3CCN(c4ccccc4O)CC3)s2)c1. The third-order valence-corrected chi connectivity index (χ3v) is 6.14. The number of hydrogen-bond acceptors (Lipinski definition) is 6. The molecule has 1 amide bonds. The van der Waals surface area contributed by atoms with E-state index in [1.54, 1.807) is 6.07 Å². The van der Waals surface area contributed by atoms with E-state index < -0.39 is 0 Å². The number of amides is 1. The van der Waals surface area contributed by atoms with Crippen LogP contribution in [0.2, 0.25) is 0 Å². The Bertz CT molecular complexity index is 1010. The Hall–Kier alpha value is -2.90. The molecule has 1 aliphatic rings. The molecule has 30 heavy (non-hydrogen) atoms. The number of hydrogen-bond donors (Lipinski definition) is 2. The summed E-state index contributed by atoms with van der Waals surface area (Å²) in [5.41, 5.74) is 3.34. The summed E-state index contributed by atoms with van der Waals surface area (Å²) in [7, 11) is 0. The molecule has 0 aliphatic carbocycles. The van der Waals surface area contributed by atoms with E-state index in [1.807, 2.05) is 24.4 Å². The molecule has 6 nitrogen and oxygen atoms in total. The first-order valence-corrected chi connectivity index (χ1v) is 10.9. The average Bonchev–Trinajstić information content (AvgIpc) is 3.15. The van der Waals surface area contributed by atoms with Crippen LogP contribution < -0.4 is 10.2 Å². The van der Waals surface area contributed by atoms with Gasteiger partial charge >= 0.3 is 0 Å². The maximum absolute atomic E-state index is 12.5. The number of phenols is 1. The number of piperazine rings is 1. The number of phenolic OH excluding ortho intramolecular Hbond substituents is 1. The van der Waals surface area contributed by atoms with Crippen molar-refractivity contribution in [2.24, 2.45) is 0 Å². The minimum Gasteiger partial charge on any atom is -0.506 e. The molecule has 2 heterocycles. The monoisotopic (exact) mass is 422 g/mol. The van der Waals surface area contributed by atoms with Gasteiger partial charge < -0.3 is 15.3 Å². The van der Waals surface area contributed by atoms with Crippen LogP contribution in [0.3, 0.4) is 0 Å². The number of benzene rings is 2. The molecule has 156 valence electrons. The number of nitrogens with zero attached hydrogens (tertiary/aromatic N) is 3. The van der Waals surface area contributed by atoms with Gasteiger partial charge in [-0.2, -0.15) is 0 Å². The number of aromatic nitrogens is 1. The maximum atomic E-state index is 12.5. The molecule has 0 spiro atoms. The van der Waals surface area contributed by atoms with Crippen molar-refractivity contribution < 1.29 is 9.90 Å². The Morgan fingerprint density at radius 3 is 2.70 bits per heavy atom. The second-order valence-electron chi connectivity index (χ2n) is 7.60. The molecule has 1 aromatic heterocycles. The fourth-order valence-corrected chi connectivity index (χ4v) is 4.57. The lowest BCUT2D eigenvalue weighted by molar-refractivity contribution is -0.117. The number of aryl methyl sites for hydroxylation is 1. The molecule has 2 N–H and O–H groups in total. The largest absolute Gasteiger partial charge is 0.506 e. The Morgan fingerprint density at radius 1 is 1.13 bits per heavy atom. The van der Waals surface area contributed by atoms with Crippen LogP contribution in [0.25, 0.3) is 0 Å². The number of anilines is 2. The quantitative estimate of drug-likeness (QED) is 0.636. The minimum atomic E-state index is -0.0394. The van der Waals surface area contributed by atoms with Gasteiger partial charge in [-0.15, -0.1) is 11.3 Å². The van der Waals surface area contributed by atoms with Crippen LogP contribution in [0.1, 0.15) is 16.0 Å². The molecular weight excluding hydrogens is 396 g/mol. The molecule has 1 fully saturated rings. The predicted octanol–water partition coefficient (Wildman–Crippen LogP) is 3.51. The second kappa shape index (κ2) is 9.28. The van der Waals surface area contributed by atoms with Crippen LogP contribution >= 0.6 is 11.3 Å². The standard InChI is InChI=1S/C23H26N4O2S/c1-17-5-4-6-18(13-17)14-19-15-24-23(30-19)25-22(29)16-26-9-11-27(12-10-26)20-7-2-3-8-21(20)28/h2-8,13,15,28H,9-12,14,16H2,1H3,(H,24,25,29). The van der Waals surface area contributed by atoms with Crippen molar-refractivity contribution >= 4 is 28.1 Å². The van der Waals surface area contributed by atoms with Crippen molar-refractivity contribution in [2.75, 3.05) is 42.9 Å². The number of carbonyl (C=O) groups is 1. The van der Waals surface area contributed by atoms with Gasteiger partial charge in [-0.3, -0.25) is 9.69 Å². The zero-order chi connectivity index (χ0) is 20.9. The third kappa shape index (κ3) is 5.17. The highest BCUT2D eigenvalue weighted by Crippen LogP contribution is 2.27. The van der Waals surface area contributed by atoms with E-state index >= 15 is 0 Å². The predicted molar refractivity (Wildman–Crippen MR) is 121 cm³/mol. The summed E-state index contributed by atoms with van der Waals surface area (Å²) in [5, 5.41) is 13.6. The highest BCUT2D eigenvalue weighted by atomic mass is 32.1. The lowest BCUT2D eigenvalue weighted by Crippen LogP contribution is -2.48. The van der Waals surface area contributed by atoms with Gasteiger partial charge in [-0.1, -0.05) is 42.0 Å². The Morgan fingerprint density at radius 2 is 1.93 bits per heavy atom. The van der Waals surface area contributed by atoms with Gasteiger partial charge in [0.2, 0.25) is 5.91 Å². The fraction of sp³-hybridized carbons (Fsp3) is 0.304.